The van der Waals surface area contributed by atoms with E-state index in [9.17, 15) is 13.2 Å². The molecule has 0 N–H and O–H groups in total. The van der Waals surface area contributed by atoms with Crippen molar-refractivity contribution in [1.29, 1.82) is 0 Å². The quantitative estimate of drug-likeness (QED) is 0.753. The number of carbonyl (C=O) groups is 1. The topological polar surface area (TPSA) is 76.6 Å². The van der Waals surface area contributed by atoms with Gasteiger partial charge in [-0.1, -0.05) is 0 Å². The van der Waals surface area contributed by atoms with Crippen LogP contribution in [0, 0.1) is 0 Å². The van der Waals surface area contributed by atoms with Crippen molar-refractivity contribution in [2.45, 2.75) is 13.3 Å². The van der Waals surface area contributed by atoms with Crippen molar-refractivity contribution in [3.8, 4) is 0 Å². The van der Waals surface area contributed by atoms with Crippen molar-refractivity contribution in [2.75, 3.05) is 36.1 Å². The van der Waals surface area contributed by atoms with Crippen LogP contribution < -0.4 is 4.90 Å². The number of carbonyl (C=O) groups excluding carboxylic acids is 1. The summed E-state index contributed by atoms with van der Waals surface area (Å²) in [5, 5.41) is 2.59. The van der Waals surface area contributed by atoms with Crippen LogP contribution in [0.2, 0.25) is 0 Å². The fraction of sp³-hybridized carbons (Fsp3) is 0.636. The van der Waals surface area contributed by atoms with E-state index in [0.29, 0.717) is 25.4 Å². The average Bonchev–Trinajstić information content (AvgIpc) is 2.77. The second kappa shape index (κ2) is 5.87. The van der Waals surface area contributed by atoms with E-state index in [1.54, 1.807) is 6.92 Å². The highest BCUT2D eigenvalue weighted by molar-refractivity contribution is 7.91. The van der Waals surface area contributed by atoms with Crippen molar-refractivity contribution in [3.05, 3.63) is 11.1 Å². The van der Waals surface area contributed by atoms with E-state index < -0.39 is 9.84 Å². The molecular weight excluding hydrogens is 288 g/mol. The highest BCUT2D eigenvalue weighted by Gasteiger charge is 2.23. The second-order valence-corrected chi connectivity index (χ2v) is 7.38. The Hall–Kier alpha value is -1.15. The molecular formula is C11H16N2O4S2. The molecule has 0 aromatic carbocycles. The average molecular weight is 304 g/mol. The van der Waals surface area contributed by atoms with Crippen molar-refractivity contribution in [2.24, 2.45) is 0 Å². The molecule has 0 bridgehead atoms. The van der Waals surface area contributed by atoms with E-state index in [4.69, 9.17) is 4.74 Å². The molecule has 1 saturated heterocycles. The van der Waals surface area contributed by atoms with Crippen LogP contribution in [0.4, 0.5) is 5.13 Å². The number of rotatable bonds is 4. The minimum Gasteiger partial charge on any atom is -0.466 e. The summed E-state index contributed by atoms with van der Waals surface area (Å²) in [6.07, 6.45) is 0.163. The molecule has 1 aliphatic rings. The van der Waals surface area contributed by atoms with Gasteiger partial charge >= 0.3 is 5.97 Å². The number of thiazole rings is 1. The maximum atomic E-state index is 11.3. The van der Waals surface area contributed by atoms with Crippen molar-refractivity contribution in [1.82, 2.24) is 4.98 Å². The van der Waals surface area contributed by atoms with Gasteiger partial charge in [-0.15, -0.1) is 11.3 Å². The number of sulfone groups is 1. The largest absolute Gasteiger partial charge is 0.466 e. The molecule has 1 aromatic rings. The van der Waals surface area contributed by atoms with Crippen LogP contribution in [0.3, 0.4) is 0 Å². The van der Waals surface area contributed by atoms with Crippen molar-refractivity contribution in [3.63, 3.8) is 0 Å². The van der Waals surface area contributed by atoms with Crippen molar-refractivity contribution < 1.29 is 17.9 Å². The molecule has 0 atom stereocenters. The van der Waals surface area contributed by atoms with E-state index in [0.717, 1.165) is 5.13 Å². The lowest BCUT2D eigenvalue weighted by Gasteiger charge is -2.25. The molecule has 0 radical (unpaired) electrons. The minimum absolute atomic E-state index is 0.163. The summed E-state index contributed by atoms with van der Waals surface area (Å²) in [6.45, 7) is 3.06. The minimum atomic E-state index is -2.88. The summed E-state index contributed by atoms with van der Waals surface area (Å²) in [5.74, 6) is 0.0418. The molecule has 1 aromatic heterocycles. The molecule has 1 fully saturated rings. The van der Waals surface area contributed by atoms with Gasteiger partial charge in [-0.25, -0.2) is 13.4 Å². The van der Waals surface area contributed by atoms with Gasteiger partial charge in [0.25, 0.3) is 0 Å². The predicted molar refractivity (Wildman–Crippen MR) is 73.3 cm³/mol. The first-order valence-corrected chi connectivity index (χ1v) is 8.75. The normalized spacial score (nSPS) is 18.3. The number of ether oxygens (including phenoxy) is 1. The third kappa shape index (κ3) is 3.90. The first kappa shape index (κ1) is 14.3. The Morgan fingerprint density at radius 1 is 1.47 bits per heavy atom. The summed E-state index contributed by atoms with van der Waals surface area (Å²) < 4.78 is 27.6. The Morgan fingerprint density at radius 2 is 2.16 bits per heavy atom. The van der Waals surface area contributed by atoms with Gasteiger partial charge in [-0.3, -0.25) is 4.79 Å². The van der Waals surface area contributed by atoms with E-state index in [1.807, 2.05) is 10.3 Å². The van der Waals surface area contributed by atoms with Gasteiger partial charge in [-0.2, -0.15) is 0 Å². The lowest BCUT2D eigenvalue weighted by molar-refractivity contribution is -0.142. The summed E-state index contributed by atoms with van der Waals surface area (Å²) in [4.78, 5) is 17.6. The van der Waals surface area contributed by atoms with Gasteiger partial charge in [0.15, 0.2) is 15.0 Å². The fourth-order valence-electron chi connectivity index (χ4n) is 1.79. The molecule has 2 heterocycles. The number of anilines is 1. The fourth-order valence-corrected chi connectivity index (χ4v) is 3.87. The molecule has 0 unspecified atom stereocenters. The molecule has 6 nitrogen and oxygen atoms in total. The van der Waals surface area contributed by atoms with Gasteiger partial charge in [0.1, 0.15) is 0 Å². The van der Waals surface area contributed by atoms with E-state index in [-0.39, 0.29) is 23.9 Å². The Labute approximate surface area is 116 Å². The van der Waals surface area contributed by atoms with Crippen LogP contribution in [0.15, 0.2) is 5.38 Å². The van der Waals surface area contributed by atoms with Crippen molar-refractivity contribution >= 4 is 32.3 Å². The zero-order valence-corrected chi connectivity index (χ0v) is 12.3. The Kier molecular flexibility index (Phi) is 4.41. The van der Waals surface area contributed by atoms with Crippen LogP contribution in [-0.2, 0) is 25.8 Å². The van der Waals surface area contributed by atoms with Crippen LogP contribution in [-0.4, -0.2) is 50.6 Å². The number of esters is 1. The summed E-state index contributed by atoms with van der Waals surface area (Å²) in [5.41, 5.74) is 0.673. The Balaban J connectivity index is 1.96. The van der Waals surface area contributed by atoms with Crippen LogP contribution in [0.1, 0.15) is 12.6 Å². The molecule has 19 heavy (non-hydrogen) atoms. The summed E-state index contributed by atoms with van der Waals surface area (Å²) in [6, 6.07) is 0. The summed E-state index contributed by atoms with van der Waals surface area (Å²) >= 11 is 1.43. The Morgan fingerprint density at radius 3 is 2.79 bits per heavy atom. The van der Waals surface area contributed by atoms with Gasteiger partial charge in [-0.05, 0) is 6.92 Å². The molecule has 106 valence electrons. The van der Waals surface area contributed by atoms with E-state index >= 15 is 0 Å². The van der Waals surface area contributed by atoms with E-state index in [1.165, 1.54) is 11.3 Å². The van der Waals surface area contributed by atoms with Gasteiger partial charge in [0.2, 0.25) is 0 Å². The molecule has 0 aliphatic carbocycles. The zero-order chi connectivity index (χ0) is 13.9. The van der Waals surface area contributed by atoms with Gasteiger partial charge < -0.3 is 9.64 Å². The summed E-state index contributed by atoms with van der Waals surface area (Å²) in [7, 11) is -2.88. The molecule has 1 aliphatic heterocycles. The predicted octanol–water partition coefficient (Wildman–Crippen LogP) is 0.484. The van der Waals surface area contributed by atoms with Gasteiger partial charge in [0, 0.05) is 18.5 Å². The van der Waals surface area contributed by atoms with Crippen LogP contribution >= 0.6 is 11.3 Å². The highest BCUT2D eigenvalue weighted by atomic mass is 32.2. The molecule has 2 rings (SSSR count). The smallest absolute Gasteiger partial charge is 0.311 e. The standard InChI is InChI=1S/C11H16N2O4S2/c1-2-17-10(14)7-9-8-18-11(12-9)13-3-5-19(15,16)6-4-13/h8H,2-7H2,1H3. The first-order chi connectivity index (χ1) is 9.00. The van der Waals surface area contributed by atoms with Crippen LogP contribution in [0.25, 0.3) is 0 Å². The maximum Gasteiger partial charge on any atom is 0.311 e. The molecule has 0 saturated carbocycles. The molecule has 8 heteroatoms. The second-order valence-electron chi connectivity index (χ2n) is 4.24. The third-order valence-electron chi connectivity index (χ3n) is 2.79. The molecule has 0 amide bonds. The molecule has 0 spiro atoms. The number of hydrogen-bond acceptors (Lipinski definition) is 7. The van der Waals surface area contributed by atoms with Crippen LogP contribution in [0.5, 0.6) is 0 Å². The SMILES string of the molecule is CCOC(=O)Cc1csc(N2CCS(=O)(=O)CC2)n1. The number of hydrogen-bond donors (Lipinski definition) is 0. The maximum absolute atomic E-state index is 11.3. The number of aromatic nitrogens is 1. The lowest BCUT2D eigenvalue weighted by atomic mass is 10.3. The Bertz CT molecular complexity index is 539. The lowest BCUT2D eigenvalue weighted by Crippen LogP contribution is -2.40. The first-order valence-electron chi connectivity index (χ1n) is 6.05. The third-order valence-corrected chi connectivity index (χ3v) is 5.34. The zero-order valence-electron chi connectivity index (χ0n) is 10.7. The number of nitrogens with zero attached hydrogens (tertiary/aromatic N) is 2. The monoisotopic (exact) mass is 304 g/mol. The van der Waals surface area contributed by atoms with Gasteiger partial charge in [0.05, 0.1) is 30.2 Å². The van der Waals surface area contributed by atoms with E-state index in [2.05, 4.69) is 4.98 Å². The highest BCUT2D eigenvalue weighted by Crippen LogP contribution is 2.22.